The highest BCUT2D eigenvalue weighted by molar-refractivity contribution is 7.98. The predicted octanol–water partition coefficient (Wildman–Crippen LogP) is 8.11. The van der Waals surface area contributed by atoms with Gasteiger partial charge in [0.15, 0.2) is 0 Å². The summed E-state index contributed by atoms with van der Waals surface area (Å²) in [7, 11) is 1.35. The van der Waals surface area contributed by atoms with Gasteiger partial charge in [0, 0.05) is 42.6 Å². The molecule has 0 aromatic heterocycles. The Hall–Kier alpha value is -4.37. The van der Waals surface area contributed by atoms with Gasteiger partial charge in [0.1, 0.15) is 29.9 Å². The van der Waals surface area contributed by atoms with Gasteiger partial charge >= 0.3 is 6.09 Å². The number of oxime groups is 1. The highest BCUT2D eigenvalue weighted by Crippen LogP contribution is 2.62. The molecule has 1 saturated carbocycles. The van der Waals surface area contributed by atoms with Crippen LogP contribution in [0.15, 0.2) is 107 Å². The number of hydrogen-bond donors (Lipinski definition) is 3. The van der Waals surface area contributed by atoms with Crippen LogP contribution in [0.25, 0.3) is 0 Å². The van der Waals surface area contributed by atoms with Crippen LogP contribution in [0.5, 0.6) is 17.2 Å². The van der Waals surface area contributed by atoms with E-state index in [1.54, 1.807) is 22.7 Å². The van der Waals surface area contributed by atoms with Crippen molar-refractivity contribution in [2.45, 2.75) is 74.2 Å². The molecule has 1 amide bonds. The number of methoxy groups -OCH3 is 1. The zero-order valence-corrected chi connectivity index (χ0v) is 35.6. The van der Waals surface area contributed by atoms with Crippen LogP contribution in [0.3, 0.4) is 0 Å². The standard InChI is InChI=1S/C47H60N2O10S/c1-4-26-56-47-43(49(46(53)54-2)22-27-55-28-25-52)31-41(48-57-32-33-12-6-5-7-13-33)39-29-34(14-8-10-23-50)38(15-9-11-24-51)44(45(39)47)40-30-36(18-21-42(40)59-47)58-35-16-19-37(60-3)20-17-35/h4-7,12-13,16-21,29-30,34,38,43-45,50-52H,1,8-11,14-15,22-28,31-32H2,2-3H3. The number of ether oxygens (including phenoxy) is 5. The van der Waals surface area contributed by atoms with Crippen LogP contribution in [-0.2, 0) is 25.7 Å². The second-order valence-corrected chi connectivity index (χ2v) is 16.2. The molecule has 0 spiro atoms. The fourth-order valence-corrected chi connectivity index (χ4v) is 9.48. The molecular weight excluding hydrogens is 785 g/mol. The average molecular weight is 845 g/mol. The Morgan fingerprint density at radius 2 is 1.72 bits per heavy atom. The van der Waals surface area contributed by atoms with E-state index in [9.17, 15) is 20.1 Å². The van der Waals surface area contributed by atoms with Gasteiger partial charge < -0.3 is 43.8 Å². The molecule has 0 saturated heterocycles. The first-order valence-electron chi connectivity index (χ1n) is 21.0. The number of allylic oxidation sites excluding steroid dienone is 1. The molecule has 2 aliphatic carbocycles. The van der Waals surface area contributed by atoms with Crippen molar-refractivity contribution in [2.75, 3.05) is 59.6 Å². The van der Waals surface area contributed by atoms with Crippen molar-refractivity contribution < 1.29 is 48.6 Å². The van der Waals surface area contributed by atoms with Crippen molar-refractivity contribution >= 4 is 23.6 Å². The maximum atomic E-state index is 14.0. The Kier molecular flexibility index (Phi) is 16.9. The maximum Gasteiger partial charge on any atom is 0.410 e. The molecule has 1 aliphatic heterocycles. The van der Waals surface area contributed by atoms with Crippen molar-refractivity contribution in [2.24, 2.45) is 22.9 Å². The molecule has 60 heavy (non-hydrogen) atoms. The number of aliphatic hydroxyl groups is 3. The summed E-state index contributed by atoms with van der Waals surface area (Å²) in [5, 5.41) is 34.2. The van der Waals surface area contributed by atoms with Crippen molar-refractivity contribution in [1.29, 1.82) is 0 Å². The Morgan fingerprint density at radius 3 is 2.42 bits per heavy atom. The third kappa shape index (κ3) is 10.6. The zero-order valence-electron chi connectivity index (χ0n) is 34.8. The molecule has 3 aliphatic rings. The van der Waals surface area contributed by atoms with E-state index in [1.165, 1.54) is 7.11 Å². The van der Waals surface area contributed by atoms with Gasteiger partial charge in [-0.2, -0.15) is 0 Å². The molecule has 3 N–H and O–H groups in total. The van der Waals surface area contributed by atoms with Crippen LogP contribution in [0, 0.1) is 17.8 Å². The summed E-state index contributed by atoms with van der Waals surface area (Å²) in [5.41, 5.74) is 3.50. The normalized spacial score (nSPS) is 23.4. The average Bonchev–Trinajstić information content (AvgIpc) is 3.27. The molecule has 3 aromatic carbocycles. The van der Waals surface area contributed by atoms with Crippen LogP contribution in [-0.4, -0.2) is 103 Å². The van der Waals surface area contributed by atoms with Crippen molar-refractivity contribution in [3.63, 3.8) is 0 Å². The molecule has 6 rings (SSSR count). The molecule has 0 radical (unpaired) electrons. The van der Waals surface area contributed by atoms with Crippen LogP contribution in [0.4, 0.5) is 4.79 Å². The van der Waals surface area contributed by atoms with Gasteiger partial charge in [0.25, 0.3) is 0 Å². The van der Waals surface area contributed by atoms with E-state index in [1.807, 2.05) is 73.0 Å². The maximum absolute atomic E-state index is 14.0. The molecule has 6 atom stereocenters. The lowest BCUT2D eigenvalue weighted by Crippen LogP contribution is -2.70. The minimum atomic E-state index is -1.46. The van der Waals surface area contributed by atoms with E-state index in [-0.39, 0.29) is 77.0 Å². The van der Waals surface area contributed by atoms with Crippen molar-refractivity contribution in [3.05, 3.63) is 108 Å². The van der Waals surface area contributed by atoms with E-state index in [0.29, 0.717) is 35.8 Å². The lowest BCUT2D eigenvalue weighted by molar-refractivity contribution is -0.255. The molecule has 1 heterocycles. The molecule has 324 valence electrons. The van der Waals surface area contributed by atoms with Crippen LogP contribution in [0.1, 0.15) is 62.0 Å². The summed E-state index contributed by atoms with van der Waals surface area (Å²) < 4.78 is 31.9. The van der Waals surface area contributed by atoms with E-state index >= 15 is 0 Å². The van der Waals surface area contributed by atoms with Crippen LogP contribution >= 0.6 is 11.8 Å². The first-order valence-corrected chi connectivity index (χ1v) is 22.2. The monoisotopic (exact) mass is 844 g/mol. The number of benzene rings is 3. The third-order valence-corrected chi connectivity index (χ3v) is 12.4. The SMILES string of the molecule is C=CCOC12Oc3ccc(Oc4ccc(SC)cc4)cc3C3C(CCCCO)C(CCCCO)C=C(C(=NOCc4ccccc4)CC1N(CCOCCO)C(=O)OC)C32. The molecule has 3 aromatic rings. The quantitative estimate of drug-likeness (QED) is 0.0368. The number of thioether (sulfide) groups is 1. The Labute approximate surface area is 358 Å². The summed E-state index contributed by atoms with van der Waals surface area (Å²) in [6.07, 6.45) is 10.2. The fraction of sp³-hybridized carbons (Fsp3) is 0.489. The first-order chi connectivity index (χ1) is 29.4. The lowest BCUT2D eigenvalue weighted by atomic mass is 9.55. The van der Waals surface area contributed by atoms with Gasteiger partial charge in [0.05, 0.1) is 45.2 Å². The number of aliphatic hydroxyl groups excluding tert-OH is 3. The number of rotatable bonds is 23. The number of carbonyl (C=O) groups is 1. The summed E-state index contributed by atoms with van der Waals surface area (Å²) in [6, 6.07) is 22.9. The topological polar surface area (TPSA) is 149 Å². The predicted molar refractivity (Wildman–Crippen MR) is 232 cm³/mol. The summed E-state index contributed by atoms with van der Waals surface area (Å²) in [6.45, 7) is 4.75. The van der Waals surface area contributed by atoms with E-state index in [2.05, 4.69) is 18.7 Å². The second kappa shape index (κ2) is 22.5. The minimum Gasteiger partial charge on any atom is -0.459 e. The molecular formula is C47H60N2O10S. The zero-order chi connectivity index (χ0) is 42.3. The number of fused-ring (bicyclic) bond motifs is 2. The second-order valence-electron chi connectivity index (χ2n) is 15.3. The number of amides is 1. The highest BCUT2D eigenvalue weighted by Gasteiger charge is 2.65. The van der Waals surface area contributed by atoms with E-state index in [0.717, 1.165) is 47.3 Å². The molecule has 12 nitrogen and oxygen atoms in total. The van der Waals surface area contributed by atoms with Gasteiger partial charge in [-0.05, 0) is 97.4 Å². The van der Waals surface area contributed by atoms with E-state index < -0.39 is 23.8 Å². The fourth-order valence-electron chi connectivity index (χ4n) is 9.07. The lowest BCUT2D eigenvalue weighted by Gasteiger charge is -2.59. The number of nitrogens with zero attached hydrogens (tertiary/aromatic N) is 2. The summed E-state index contributed by atoms with van der Waals surface area (Å²) in [5.74, 6) is -0.109. The Bertz CT molecular complexity index is 1890. The smallest absolute Gasteiger partial charge is 0.410 e. The van der Waals surface area contributed by atoms with Gasteiger partial charge in [-0.15, -0.1) is 18.3 Å². The first kappa shape index (κ1) is 45.2. The number of unbranched alkanes of at least 4 members (excludes halogenated alkanes) is 2. The van der Waals surface area contributed by atoms with Gasteiger partial charge in [-0.1, -0.05) is 60.5 Å². The summed E-state index contributed by atoms with van der Waals surface area (Å²) >= 11 is 1.67. The Balaban J connectivity index is 1.56. The van der Waals surface area contributed by atoms with Crippen molar-refractivity contribution in [3.8, 4) is 17.2 Å². The summed E-state index contributed by atoms with van der Waals surface area (Å²) in [4.78, 5) is 22.9. The number of hydrogen-bond acceptors (Lipinski definition) is 12. The molecule has 6 unspecified atom stereocenters. The van der Waals surface area contributed by atoms with Gasteiger partial charge in [0.2, 0.25) is 5.79 Å². The number of carbonyl (C=O) groups excluding carboxylic acids is 1. The van der Waals surface area contributed by atoms with E-state index in [4.69, 9.17) is 33.7 Å². The molecule has 0 bridgehead atoms. The largest absolute Gasteiger partial charge is 0.459 e. The molecule has 13 heteroatoms. The highest BCUT2D eigenvalue weighted by atomic mass is 32.2. The van der Waals surface area contributed by atoms with Crippen molar-refractivity contribution in [1.82, 2.24) is 4.90 Å². The van der Waals surface area contributed by atoms with Gasteiger partial charge in [-0.25, -0.2) is 4.79 Å². The minimum absolute atomic E-state index is 0.0409. The Morgan fingerprint density at radius 1 is 0.967 bits per heavy atom. The molecule has 1 fully saturated rings. The van der Waals surface area contributed by atoms with Crippen LogP contribution in [0.2, 0.25) is 0 Å². The van der Waals surface area contributed by atoms with Crippen LogP contribution < -0.4 is 9.47 Å². The third-order valence-electron chi connectivity index (χ3n) is 11.7. The van der Waals surface area contributed by atoms with Gasteiger partial charge in [-0.3, -0.25) is 4.90 Å².